The Morgan fingerprint density at radius 1 is 1.19 bits per heavy atom. The Labute approximate surface area is 123 Å². The molecule has 1 aliphatic heterocycles. The van der Waals surface area contributed by atoms with Crippen molar-refractivity contribution >= 4 is 17.7 Å². The van der Waals surface area contributed by atoms with Crippen LogP contribution < -0.4 is 0 Å². The van der Waals surface area contributed by atoms with Gasteiger partial charge in [0.2, 0.25) is 0 Å². The summed E-state index contributed by atoms with van der Waals surface area (Å²) in [4.78, 5) is 35.3. The molecular formula is C16H20O5. The largest absolute Gasteiger partial charge is 0.461 e. The number of Topliss-reactive ketones (excluding diaryl/α,β-unsaturated/α-hetero) is 1. The summed E-state index contributed by atoms with van der Waals surface area (Å²) >= 11 is 0. The highest BCUT2D eigenvalue weighted by molar-refractivity contribution is 5.87. The van der Waals surface area contributed by atoms with E-state index in [-0.39, 0.29) is 42.9 Å². The van der Waals surface area contributed by atoms with Crippen molar-refractivity contribution in [2.45, 2.75) is 38.5 Å². The summed E-state index contributed by atoms with van der Waals surface area (Å²) in [6.45, 7) is 0.324. The van der Waals surface area contributed by atoms with Crippen molar-refractivity contribution < 1.29 is 23.9 Å². The van der Waals surface area contributed by atoms with Crippen molar-refractivity contribution in [2.75, 3.05) is 13.2 Å². The van der Waals surface area contributed by atoms with Crippen LogP contribution in [0.4, 0.5) is 0 Å². The Hall–Kier alpha value is -1.65. The van der Waals surface area contributed by atoms with E-state index in [0.717, 1.165) is 25.7 Å². The average molecular weight is 292 g/mol. The van der Waals surface area contributed by atoms with E-state index in [9.17, 15) is 14.4 Å². The first-order valence-corrected chi connectivity index (χ1v) is 7.70. The number of esters is 2. The number of carbonyl (C=O) groups is 3. The standard InChI is InChI=1S/C16H20O5/c17-14-5-10(8-20-14)9-21-16(19)13-6-11-3-1-2-4-12(7-13)15(11)18/h5,11-13H,1-4,6-9H2. The van der Waals surface area contributed by atoms with E-state index in [1.165, 1.54) is 6.08 Å². The van der Waals surface area contributed by atoms with Gasteiger partial charge in [-0.3, -0.25) is 9.59 Å². The van der Waals surface area contributed by atoms with E-state index in [4.69, 9.17) is 9.47 Å². The fraction of sp³-hybridized carbons (Fsp3) is 0.688. The van der Waals surface area contributed by atoms with Crippen LogP contribution in [0.15, 0.2) is 11.6 Å². The van der Waals surface area contributed by atoms with Gasteiger partial charge in [-0.25, -0.2) is 4.79 Å². The molecule has 0 aromatic carbocycles. The maximum absolute atomic E-state index is 12.2. The molecule has 5 heteroatoms. The monoisotopic (exact) mass is 292 g/mol. The number of rotatable bonds is 3. The second-order valence-electron chi connectivity index (χ2n) is 6.27. The number of ether oxygens (including phenoxy) is 2. The molecule has 0 spiro atoms. The molecule has 3 rings (SSSR count). The molecule has 3 aliphatic rings. The van der Waals surface area contributed by atoms with Gasteiger partial charge in [-0.15, -0.1) is 0 Å². The lowest BCUT2D eigenvalue weighted by molar-refractivity contribution is -0.151. The smallest absolute Gasteiger partial charge is 0.331 e. The lowest BCUT2D eigenvalue weighted by atomic mass is 9.73. The van der Waals surface area contributed by atoms with Crippen molar-refractivity contribution in [1.82, 2.24) is 0 Å². The average Bonchev–Trinajstić information content (AvgIpc) is 2.86. The van der Waals surface area contributed by atoms with E-state index < -0.39 is 0 Å². The summed E-state index contributed by atoms with van der Waals surface area (Å²) in [5.74, 6) is -0.350. The summed E-state index contributed by atoms with van der Waals surface area (Å²) in [6, 6.07) is 0. The van der Waals surface area contributed by atoms with Crippen LogP contribution >= 0.6 is 0 Å². The first-order chi connectivity index (χ1) is 10.1. The van der Waals surface area contributed by atoms with Crippen molar-refractivity contribution in [1.29, 1.82) is 0 Å². The minimum atomic E-state index is -0.379. The van der Waals surface area contributed by atoms with Crippen LogP contribution in [0, 0.1) is 17.8 Å². The van der Waals surface area contributed by atoms with Gasteiger partial charge in [0.1, 0.15) is 19.0 Å². The van der Waals surface area contributed by atoms with Crippen molar-refractivity contribution in [3.8, 4) is 0 Å². The predicted octanol–water partition coefficient (Wildman–Crippen LogP) is 1.80. The van der Waals surface area contributed by atoms with E-state index in [2.05, 4.69) is 0 Å². The van der Waals surface area contributed by atoms with Crippen molar-refractivity contribution in [3.63, 3.8) is 0 Å². The van der Waals surface area contributed by atoms with Gasteiger partial charge >= 0.3 is 11.9 Å². The summed E-state index contributed by atoms with van der Waals surface area (Å²) in [6.07, 6.45) is 6.62. The van der Waals surface area contributed by atoms with E-state index in [1.54, 1.807) is 0 Å². The molecular weight excluding hydrogens is 272 g/mol. The summed E-state index contributed by atoms with van der Waals surface area (Å²) < 4.78 is 10.1. The maximum atomic E-state index is 12.2. The SMILES string of the molecule is O=C1C=C(COC(=O)C2CC3CCCCC(C2)C3=O)CO1. The molecule has 114 valence electrons. The predicted molar refractivity (Wildman–Crippen MR) is 73.2 cm³/mol. The maximum Gasteiger partial charge on any atom is 0.331 e. The quantitative estimate of drug-likeness (QED) is 0.742. The highest BCUT2D eigenvalue weighted by Gasteiger charge is 2.40. The van der Waals surface area contributed by atoms with Crippen LogP contribution in [-0.2, 0) is 23.9 Å². The van der Waals surface area contributed by atoms with Crippen LogP contribution in [0.1, 0.15) is 38.5 Å². The number of hydrogen-bond acceptors (Lipinski definition) is 5. The molecule has 0 amide bonds. The molecule has 21 heavy (non-hydrogen) atoms. The minimum absolute atomic E-state index is 0.0411. The molecule has 2 bridgehead atoms. The number of hydrogen-bond donors (Lipinski definition) is 0. The van der Waals surface area contributed by atoms with Gasteiger partial charge in [0.25, 0.3) is 0 Å². The van der Waals surface area contributed by atoms with Crippen LogP contribution in [-0.4, -0.2) is 30.9 Å². The molecule has 2 aliphatic carbocycles. The second kappa shape index (κ2) is 6.00. The molecule has 0 N–H and O–H groups in total. The van der Waals surface area contributed by atoms with E-state index in [0.29, 0.717) is 24.2 Å². The van der Waals surface area contributed by atoms with Gasteiger partial charge in [-0.05, 0) is 25.7 Å². The lowest BCUT2D eigenvalue weighted by Crippen LogP contribution is -2.35. The normalized spacial score (nSPS) is 32.2. The number of carbonyl (C=O) groups excluding carboxylic acids is 3. The molecule has 0 aromatic rings. The molecule has 2 saturated carbocycles. The molecule has 5 nitrogen and oxygen atoms in total. The van der Waals surface area contributed by atoms with Crippen molar-refractivity contribution in [2.24, 2.45) is 17.8 Å². The van der Waals surface area contributed by atoms with Crippen LogP contribution in [0.25, 0.3) is 0 Å². The Morgan fingerprint density at radius 2 is 1.86 bits per heavy atom. The Kier molecular flexibility index (Phi) is 4.08. The van der Waals surface area contributed by atoms with E-state index in [1.807, 2.05) is 0 Å². The minimum Gasteiger partial charge on any atom is -0.461 e. The molecule has 0 radical (unpaired) electrons. The van der Waals surface area contributed by atoms with Crippen LogP contribution in [0.5, 0.6) is 0 Å². The summed E-state index contributed by atoms with van der Waals surface area (Å²) in [7, 11) is 0. The zero-order valence-electron chi connectivity index (χ0n) is 12.0. The highest BCUT2D eigenvalue weighted by Crippen LogP contribution is 2.39. The summed E-state index contributed by atoms with van der Waals surface area (Å²) in [5.41, 5.74) is 0.692. The van der Waals surface area contributed by atoms with Crippen LogP contribution in [0.3, 0.4) is 0 Å². The number of ketones is 1. The third kappa shape index (κ3) is 3.17. The Bertz CT molecular complexity index is 475. The van der Waals surface area contributed by atoms with Gasteiger partial charge in [0.15, 0.2) is 0 Å². The van der Waals surface area contributed by atoms with Crippen molar-refractivity contribution in [3.05, 3.63) is 11.6 Å². The van der Waals surface area contributed by atoms with Gasteiger partial charge in [-0.2, -0.15) is 0 Å². The zero-order chi connectivity index (χ0) is 14.8. The number of cyclic esters (lactones) is 1. The first kappa shape index (κ1) is 14.3. The Morgan fingerprint density at radius 3 is 2.43 bits per heavy atom. The topological polar surface area (TPSA) is 69.7 Å². The highest BCUT2D eigenvalue weighted by atomic mass is 16.5. The fourth-order valence-corrected chi connectivity index (χ4v) is 3.62. The number of fused-ring (bicyclic) bond motifs is 2. The Balaban J connectivity index is 1.56. The third-order valence-electron chi connectivity index (χ3n) is 4.75. The second-order valence-corrected chi connectivity index (χ2v) is 6.27. The van der Waals surface area contributed by atoms with Gasteiger partial charge in [0.05, 0.1) is 5.92 Å². The molecule has 2 atom stereocenters. The molecule has 2 fully saturated rings. The van der Waals surface area contributed by atoms with Crippen LogP contribution in [0.2, 0.25) is 0 Å². The van der Waals surface area contributed by atoms with Gasteiger partial charge in [0, 0.05) is 23.5 Å². The lowest BCUT2D eigenvalue weighted by Gasteiger charge is -2.30. The zero-order valence-corrected chi connectivity index (χ0v) is 12.0. The molecule has 1 heterocycles. The molecule has 0 aromatic heterocycles. The molecule has 2 unspecified atom stereocenters. The van der Waals surface area contributed by atoms with E-state index >= 15 is 0 Å². The molecule has 0 saturated heterocycles. The third-order valence-corrected chi connectivity index (χ3v) is 4.75. The van der Waals surface area contributed by atoms with Gasteiger partial charge in [-0.1, -0.05) is 12.8 Å². The van der Waals surface area contributed by atoms with Gasteiger partial charge < -0.3 is 9.47 Å². The fourth-order valence-electron chi connectivity index (χ4n) is 3.62. The first-order valence-electron chi connectivity index (χ1n) is 7.70. The summed E-state index contributed by atoms with van der Waals surface area (Å²) in [5, 5.41) is 0.